The smallest absolute Gasteiger partial charge is 0.205 e. The Balaban J connectivity index is 1.41. The first-order valence-corrected chi connectivity index (χ1v) is 9.33. The quantitative estimate of drug-likeness (QED) is 0.381. The van der Waals surface area contributed by atoms with Crippen molar-refractivity contribution in [2.45, 2.75) is 45.1 Å². The number of hydrogen-bond acceptors (Lipinski definition) is 2. The van der Waals surface area contributed by atoms with Gasteiger partial charge in [0, 0.05) is 12.1 Å². The molecule has 25 heavy (non-hydrogen) atoms. The Morgan fingerprint density at radius 2 is 1.80 bits per heavy atom. The summed E-state index contributed by atoms with van der Waals surface area (Å²) in [5.41, 5.74) is 0.904. The predicted octanol–water partition coefficient (Wildman–Crippen LogP) is 3.56. The van der Waals surface area contributed by atoms with E-state index < -0.39 is 0 Å². The van der Waals surface area contributed by atoms with Gasteiger partial charge in [0.15, 0.2) is 6.19 Å². The minimum atomic E-state index is -0.261. The van der Waals surface area contributed by atoms with E-state index >= 15 is 0 Å². The van der Waals surface area contributed by atoms with Crippen LogP contribution in [-0.2, 0) is 6.54 Å². The van der Waals surface area contributed by atoms with Crippen LogP contribution in [0.3, 0.4) is 0 Å². The van der Waals surface area contributed by atoms with Crippen molar-refractivity contribution in [3.8, 4) is 6.19 Å². The summed E-state index contributed by atoms with van der Waals surface area (Å²) in [5, 5.41) is 15.0. The molecule has 0 aromatic heterocycles. The van der Waals surface area contributed by atoms with Gasteiger partial charge in [-0.1, -0.05) is 18.2 Å². The van der Waals surface area contributed by atoms with Crippen molar-refractivity contribution >= 4 is 5.96 Å². The molecular formula is C20H25FN4. The maximum atomic E-state index is 13.7. The van der Waals surface area contributed by atoms with Gasteiger partial charge in [0.05, 0.1) is 6.54 Å². The van der Waals surface area contributed by atoms with Gasteiger partial charge in [-0.2, -0.15) is 5.26 Å². The molecule has 0 amide bonds. The van der Waals surface area contributed by atoms with Gasteiger partial charge in [0.25, 0.3) is 0 Å². The standard InChI is InChI=1S/C20H25FN4/c21-18-4-2-1-3-17(18)11-23-19(25-13-22)24-12-20-8-14-5-15(9-20)7-16(6-14)10-20/h1-4,14-16H,5-12H2,(H2,23,24,25). The topological polar surface area (TPSA) is 60.2 Å². The van der Waals surface area contributed by atoms with Crippen LogP contribution in [0.4, 0.5) is 4.39 Å². The van der Waals surface area contributed by atoms with Crippen molar-refractivity contribution in [1.82, 2.24) is 10.6 Å². The van der Waals surface area contributed by atoms with E-state index in [9.17, 15) is 4.39 Å². The fraction of sp³-hybridized carbons (Fsp3) is 0.600. The summed E-state index contributed by atoms with van der Waals surface area (Å²) < 4.78 is 13.7. The Kier molecular flexibility index (Phi) is 4.37. The lowest BCUT2D eigenvalue weighted by atomic mass is 9.49. The van der Waals surface area contributed by atoms with Crippen LogP contribution in [0, 0.1) is 40.4 Å². The molecular weight excluding hydrogens is 315 g/mol. The molecule has 0 atom stereocenters. The van der Waals surface area contributed by atoms with Crippen molar-refractivity contribution in [2.24, 2.45) is 28.2 Å². The molecule has 1 aromatic rings. The first kappa shape index (κ1) is 16.4. The molecule has 0 radical (unpaired) electrons. The number of nitrogens with zero attached hydrogens (tertiary/aromatic N) is 2. The molecule has 0 heterocycles. The fourth-order valence-electron chi connectivity index (χ4n) is 5.76. The van der Waals surface area contributed by atoms with E-state index in [0.29, 0.717) is 16.9 Å². The minimum Gasteiger partial charge on any atom is -0.355 e. The third-order valence-corrected chi connectivity index (χ3v) is 6.34. The van der Waals surface area contributed by atoms with E-state index in [1.54, 1.807) is 18.2 Å². The lowest BCUT2D eigenvalue weighted by Gasteiger charge is -2.57. The Morgan fingerprint density at radius 1 is 1.16 bits per heavy atom. The lowest BCUT2D eigenvalue weighted by molar-refractivity contribution is -0.0492. The van der Waals surface area contributed by atoms with Crippen molar-refractivity contribution in [1.29, 1.82) is 5.26 Å². The van der Waals surface area contributed by atoms with E-state index in [2.05, 4.69) is 15.6 Å². The number of rotatable bonds is 4. The molecule has 4 fully saturated rings. The molecule has 132 valence electrons. The maximum Gasteiger partial charge on any atom is 0.205 e. The van der Waals surface area contributed by atoms with Crippen LogP contribution in [0.1, 0.15) is 44.1 Å². The Bertz CT molecular complexity index is 671. The molecule has 4 nitrogen and oxygen atoms in total. The number of guanidine groups is 1. The second kappa shape index (κ2) is 6.67. The molecule has 2 N–H and O–H groups in total. The predicted molar refractivity (Wildman–Crippen MR) is 94.9 cm³/mol. The number of hydrogen-bond donors (Lipinski definition) is 2. The van der Waals surface area contributed by atoms with E-state index in [0.717, 1.165) is 24.3 Å². The molecule has 0 saturated heterocycles. The van der Waals surface area contributed by atoms with Crippen LogP contribution in [0.15, 0.2) is 29.3 Å². The first-order chi connectivity index (χ1) is 12.2. The maximum absolute atomic E-state index is 13.7. The molecule has 0 unspecified atom stereocenters. The molecule has 0 aliphatic heterocycles. The summed E-state index contributed by atoms with van der Waals surface area (Å²) in [6, 6.07) is 6.63. The van der Waals surface area contributed by atoms with Crippen molar-refractivity contribution in [3.05, 3.63) is 35.6 Å². The van der Waals surface area contributed by atoms with Crippen molar-refractivity contribution in [3.63, 3.8) is 0 Å². The lowest BCUT2D eigenvalue weighted by Crippen LogP contribution is -2.52. The van der Waals surface area contributed by atoms with Gasteiger partial charge in [0.2, 0.25) is 5.96 Å². The van der Waals surface area contributed by atoms with Gasteiger partial charge in [-0.3, -0.25) is 5.32 Å². The van der Waals surface area contributed by atoms with Gasteiger partial charge in [-0.25, -0.2) is 9.38 Å². The number of benzene rings is 1. The van der Waals surface area contributed by atoms with Crippen LogP contribution < -0.4 is 10.6 Å². The van der Waals surface area contributed by atoms with Crippen LogP contribution in [0.2, 0.25) is 0 Å². The average molecular weight is 340 g/mol. The summed E-state index contributed by atoms with van der Waals surface area (Å²) in [5.74, 6) is 2.90. The first-order valence-electron chi connectivity index (χ1n) is 9.33. The third-order valence-electron chi connectivity index (χ3n) is 6.34. The largest absolute Gasteiger partial charge is 0.355 e. The second-order valence-electron chi connectivity index (χ2n) is 8.26. The van der Waals surface area contributed by atoms with E-state index in [1.165, 1.54) is 44.6 Å². The van der Waals surface area contributed by atoms with Crippen LogP contribution in [0.5, 0.6) is 0 Å². The van der Waals surface area contributed by atoms with Gasteiger partial charge < -0.3 is 5.32 Å². The van der Waals surface area contributed by atoms with Crippen LogP contribution in [0.25, 0.3) is 0 Å². The van der Waals surface area contributed by atoms with E-state index in [1.807, 2.05) is 6.19 Å². The van der Waals surface area contributed by atoms with Crippen LogP contribution in [-0.4, -0.2) is 12.5 Å². The zero-order valence-electron chi connectivity index (χ0n) is 14.5. The minimum absolute atomic E-state index is 0.227. The molecule has 1 aromatic carbocycles. The normalized spacial score (nSPS) is 33.1. The highest BCUT2D eigenvalue weighted by molar-refractivity contribution is 5.81. The van der Waals surface area contributed by atoms with Crippen molar-refractivity contribution < 1.29 is 4.39 Å². The van der Waals surface area contributed by atoms with E-state index in [4.69, 9.17) is 5.26 Å². The fourth-order valence-corrected chi connectivity index (χ4v) is 5.76. The van der Waals surface area contributed by atoms with E-state index in [-0.39, 0.29) is 12.4 Å². The highest BCUT2D eigenvalue weighted by Crippen LogP contribution is 2.59. The van der Waals surface area contributed by atoms with Crippen LogP contribution >= 0.6 is 0 Å². The second-order valence-corrected chi connectivity index (χ2v) is 8.26. The number of aliphatic imine (C=N–C) groups is 1. The zero-order chi connectivity index (χ0) is 17.3. The highest BCUT2D eigenvalue weighted by atomic mass is 19.1. The van der Waals surface area contributed by atoms with Crippen molar-refractivity contribution in [2.75, 3.05) is 6.54 Å². The third kappa shape index (κ3) is 3.49. The van der Waals surface area contributed by atoms with Gasteiger partial charge in [-0.15, -0.1) is 0 Å². The summed E-state index contributed by atoms with van der Waals surface area (Å²) in [6.07, 6.45) is 10.1. The number of nitrogens with one attached hydrogen (secondary N) is 2. The van der Waals surface area contributed by atoms with Gasteiger partial charge in [0.1, 0.15) is 5.82 Å². The summed E-state index contributed by atoms with van der Waals surface area (Å²) in [6.45, 7) is 1.09. The number of halogens is 1. The summed E-state index contributed by atoms with van der Waals surface area (Å²) in [7, 11) is 0. The molecule has 4 aliphatic carbocycles. The molecule has 0 spiro atoms. The molecule has 4 bridgehead atoms. The highest BCUT2D eigenvalue weighted by Gasteiger charge is 2.50. The van der Waals surface area contributed by atoms with Gasteiger partial charge >= 0.3 is 0 Å². The zero-order valence-corrected chi connectivity index (χ0v) is 14.5. The molecule has 5 heteroatoms. The molecule has 4 aliphatic rings. The average Bonchev–Trinajstić information content (AvgIpc) is 2.57. The van der Waals surface area contributed by atoms with Gasteiger partial charge in [-0.05, 0) is 67.8 Å². The Morgan fingerprint density at radius 3 is 2.40 bits per heavy atom. The Labute approximate surface area is 148 Å². The number of nitriles is 1. The Hall–Kier alpha value is -2.09. The monoisotopic (exact) mass is 340 g/mol. The summed E-state index contributed by atoms with van der Waals surface area (Å²) >= 11 is 0. The summed E-state index contributed by atoms with van der Waals surface area (Å²) in [4.78, 5) is 4.39. The SMILES string of the molecule is N#CNC(=NCc1ccccc1F)NCC12CC3CC(CC(C3)C1)C2. The molecule has 4 saturated carbocycles. The molecule has 5 rings (SSSR count).